The third-order valence-corrected chi connectivity index (χ3v) is 16.9. The maximum Gasteiger partial charge on any atom is 0.333 e. The number of rotatable bonds is 8. The van der Waals surface area contributed by atoms with E-state index in [1.54, 1.807) is 97.1 Å². The molecule has 20 heteroatoms. The summed E-state index contributed by atoms with van der Waals surface area (Å²) in [6.45, 7) is -0.576. The van der Waals surface area contributed by atoms with Gasteiger partial charge in [0.15, 0.2) is 23.3 Å². The molecule has 0 saturated heterocycles. The molecular formula is C53H20F4N6O6S4. The summed E-state index contributed by atoms with van der Waals surface area (Å²) < 4.78 is 72.1. The van der Waals surface area contributed by atoms with Gasteiger partial charge in [0, 0.05) is 53.9 Å². The van der Waals surface area contributed by atoms with Crippen LogP contribution in [0.4, 0.5) is 27.6 Å². The number of nitrogens with zero attached hydrogens (tertiary/aromatic N) is 6. The van der Waals surface area contributed by atoms with E-state index in [4.69, 9.17) is 9.47 Å². The number of nitriles is 4. The number of hydrogen-bond donors (Lipinski definition) is 0. The van der Waals surface area contributed by atoms with Crippen molar-refractivity contribution >= 4 is 120 Å². The molecule has 0 radical (unpaired) electrons. The van der Waals surface area contributed by atoms with Gasteiger partial charge in [-0.1, -0.05) is 60.7 Å². The van der Waals surface area contributed by atoms with Crippen LogP contribution in [0, 0.1) is 68.6 Å². The van der Waals surface area contributed by atoms with Gasteiger partial charge in [0.05, 0.1) is 19.2 Å². The van der Waals surface area contributed by atoms with E-state index < -0.39 is 74.8 Å². The highest BCUT2D eigenvalue weighted by Crippen LogP contribution is 2.64. The topological polar surface area (TPSA) is 207 Å². The summed E-state index contributed by atoms with van der Waals surface area (Å²) in [7, 11) is 0. The summed E-state index contributed by atoms with van der Waals surface area (Å²) in [5.41, 5.74) is -4.66. The summed E-state index contributed by atoms with van der Waals surface area (Å²) in [4.78, 5) is 68.8. The number of allylic oxidation sites excluding steroid dienone is 4. The van der Waals surface area contributed by atoms with Crippen LogP contribution in [0.3, 0.4) is 0 Å². The molecule has 12 nitrogen and oxygen atoms in total. The van der Waals surface area contributed by atoms with Gasteiger partial charge in [-0.05, 0) is 47.5 Å². The van der Waals surface area contributed by atoms with E-state index in [-0.39, 0.29) is 67.7 Å². The Morgan fingerprint density at radius 2 is 0.877 bits per heavy atom. The minimum Gasteiger partial charge on any atom is -0.459 e. The molecule has 4 aromatic heterocycles. The molecule has 0 saturated carbocycles. The maximum atomic E-state index is 15.5. The fraction of sp³-hybridized carbons (Fsp3) is 0.0566. The molecule has 3 aliphatic carbocycles. The molecule has 0 fully saturated rings. The minimum absolute atomic E-state index is 0.0904. The third-order valence-electron chi connectivity index (χ3n) is 12.1. The van der Waals surface area contributed by atoms with Gasteiger partial charge in [-0.2, -0.15) is 21.0 Å². The lowest BCUT2D eigenvalue weighted by molar-refractivity contribution is -0.164. The summed E-state index contributed by atoms with van der Waals surface area (Å²) in [6.07, 6.45) is 0. The van der Waals surface area contributed by atoms with Crippen molar-refractivity contribution in [2.24, 2.45) is 9.98 Å². The lowest BCUT2D eigenvalue weighted by atomic mass is 9.79. The van der Waals surface area contributed by atoms with Crippen molar-refractivity contribution < 1.29 is 46.2 Å². The normalized spacial score (nSPS) is 14.9. The summed E-state index contributed by atoms with van der Waals surface area (Å²) in [5, 5.41) is 39.8. The molecule has 8 aromatic rings. The van der Waals surface area contributed by atoms with Gasteiger partial charge in [0.1, 0.15) is 70.1 Å². The number of carbonyl (C=O) groups is 4. The van der Waals surface area contributed by atoms with Gasteiger partial charge in [-0.15, -0.1) is 45.3 Å². The van der Waals surface area contributed by atoms with Crippen LogP contribution >= 0.6 is 45.3 Å². The molecule has 0 aliphatic heterocycles. The average Bonchev–Trinajstić information content (AvgIpc) is 4.28. The monoisotopic (exact) mass is 1040 g/mol. The predicted molar refractivity (Wildman–Crippen MR) is 264 cm³/mol. The molecule has 0 spiro atoms. The van der Waals surface area contributed by atoms with Crippen LogP contribution in [0.25, 0.3) is 39.7 Å². The Bertz CT molecular complexity index is 3880. The number of thiophene rings is 4. The second-order valence-electron chi connectivity index (χ2n) is 16.2. The van der Waals surface area contributed by atoms with Gasteiger partial charge < -0.3 is 9.47 Å². The molecule has 11 rings (SSSR count). The predicted octanol–water partition coefficient (Wildman–Crippen LogP) is 12.1. The third kappa shape index (κ3) is 7.15. The largest absolute Gasteiger partial charge is 0.459 e. The van der Waals surface area contributed by atoms with Gasteiger partial charge >= 0.3 is 11.9 Å². The van der Waals surface area contributed by atoms with Crippen LogP contribution in [-0.2, 0) is 37.7 Å². The van der Waals surface area contributed by atoms with Crippen LogP contribution in [0.15, 0.2) is 118 Å². The lowest BCUT2D eigenvalue weighted by Gasteiger charge is -2.27. The van der Waals surface area contributed by atoms with E-state index in [0.29, 0.717) is 63.9 Å². The molecule has 350 valence electrons. The Hall–Kier alpha value is -9.02. The van der Waals surface area contributed by atoms with Crippen molar-refractivity contribution in [1.29, 1.82) is 21.0 Å². The first-order chi connectivity index (χ1) is 35.3. The highest BCUT2D eigenvalue weighted by Gasteiger charge is 2.62. The fourth-order valence-electron chi connectivity index (χ4n) is 8.98. The van der Waals surface area contributed by atoms with Gasteiger partial charge in [-0.3, -0.25) is 19.2 Å². The molecule has 0 unspecified atom stereocenters. The zero-order chi connectivity index (χ0) is 51.0. The summed E-state index contributed by atoms with van der Waals surface area (Å²) >= 11 is 4.24. The molecule has 4 aromatic carbocycles. The zero-order valence-electron chi connectivity index (χ0n) is 36.4. The van der Waals surface area contributed by atoms with Crippen molar-refractivity contribution in [2.45, 2.75) is 18.6 Å². The van der Waals surface area contributed by atoms with Gasteiger partial charge in [0.25, 0.3) is 0 Å². The Balaban J connectivity index is 1.12. The summed E-state index contributed by atoms with van der Waals surface area (Å²) in [5.74, 6) is -9.18. The van der Waals surface area contributed by atoms with Crippen molar-refractivity contribution in [3.63, 3.8) is 0 Å². The van der Waals surface area contributed by atoms with E-state index in [1.807, 2.05) is 0 Å². The minimum atomic E-state index is -2.40. The van der Waals surface area contributed by atoms with Crippen LogP contribution in [0.5, 0.6) is 0 Å². The first-order valence-corrected chi connectivity index (χ1v) is 24.5. The molecule has 4 heterocycles. The Morgan fingerprint density at radius 1 is 0.521 bits per heavy atom. The number of fused-ring (bicyclic) bond motifs is 9. The average molecular weight is 1040 g/mol. The SMILES string of the molecule is N#CC(C#N)=C1/C(=N/c2cc3sc4c(c3s2)C(C(=O)OCc2ccccc2)(C(=O)OCc2ccccc2)c2c-4sc3cc(/N=C4/C(=O)c5cc(F)c(F)cc5C4=C(C#N)C#N)sc23)C(=O)c2cc(F)c(F)cc21. The van der Waals surface area contributed by atoms with E-state index in [9.17, 15) is 48.2 Å². The Morgan fingerprint density at radius 3 is 1.23 bits per heavy atom. The Kier molecular flexibility index (Phi) is 11.2. The molecule has 0 amide bonds. The van der Waals surface area contributed by atoms with Crippen molar-refractivity contribution in [1.82, 2.24) is 0 Å². The molecule has 0 atom stereocenters. The van der Waals surface area contributed by atoms with Crippen LogP contribution < -0.4 is 0 Å². The quantitative estimate of drug-likeness (QED) is 0.0609. The summed E-state index contributed by atoms with van der Waals surface area (Å²) in [6, 6.07) is 30.1. The van der Waals surface area contributed by atoms with E-state index in [1.165, 1.54) is 22.7 Å². The number of ether oxygens (including phenoxy) is 2. The van der Waals surface area contributed by atoms with Crippen LogP contribution in [0.1, 0.15) is 54.1 Å². The molecule has 3 aliphatic rings. The first-order valence-electron chi connectivity index (χ1n) is 21.2. The number of hydrogen-bond acceptors (Lipinski definition) is 16. The van der Waals surface area contributed by atoms with E-state index in [0.717, 1.165) is 22.7 Å². The number of benzene rings is 4. The highest BCUT2D eigenvalue weighted by atomic mass is 32.1. The highest BCUT2D eigenvalue weighted by molar-refractivity contribution is 7.36. The van der Waals surface area contributed by atoms with Gasteiger partial charge in [-0.25, -0.2) is 27.5 Å². The van der Waals surface area contributed by atoms with E-state index >= 15 is 9.59 Å². The smallest absolute Gasteiger partial charge is 0.333 e. The second-order valence-corrected chi connectivity index (χ2v) is 20.4. The number of carbonyl (C=O) groups excluding carboxylic acids is 4. The molecule has 0 N–H and O–H groups in total. The lowest BCUT2D eigenvalue weighted by Crippen LogP contribution is -2.45. The van der Waals surface area contributed by atoms with Crippen LogP contribution in [0.2, 0.25) is 0 Å². The van der Waals surface area contributed by atoms with Crippen molar-refractivity contribution in [3.05, 3.63) is 176 Å². The zero-order valence-corrected chi connectivity index (χ0v) is 39.7. The molecule has 73 heavy (non-hydrogen) atoms. The van der Waals surface area contributed by atoms with Gasteiger partial charge in [0.2, 0.25) is 17.0 Å². The number of aliphatic imine (C=N–C) groups is 2. The number of halogens is 4. The second kappa shape index (κ2) is 17.7. The molecular weight excluding hydrogens is 1020 g/mol. The fourth-order valence-corrected chi connectivity index (χ4v) is 14.4. The number of ketones is 2. The Labute approximate surface area is 423 Å². The number of Topliss-reactive ketones (excluding diaryl/α,β-unsaturated/α-hetero) is 2. The van der Waals surface area contributed by atoms with Crippen LogP contribution in [-0.4, -0.2) is 34.9 Å². The van der Waals surface area contributed by atoms with E-state index in [2.05, 4.69) is 9.98 Å². The first kappa shape index (κ1) is 46.4. The maximum absolute atomic E-state index is 15.5. The molecule has 0 bridgehead atoms. The van der Waals surface area contributed by atoms with Crippen molar-refractivity contribution in [2.75, 3.05) is 0 Å². The number of esters is 2. The van der Waals surface area contributed by atoms with Crippen molar-refractivity contribution in [3.8, 4) is 34.0 Å². The standard InChI is InChI=1S/C53H20F4N6O6S4/c54-31-11-27-29(13-33(31)56)45(64)43(39(27)25(17-58)18-59)62-37-15-35-47(72-37)41-49(70-35)50-42(53(41,51(66)68-21-23-7-3-1-4-8-23)52(67)69-22-24-9-5-2-6-10-24)48-36(71-50)16-38(73-48)63-44-40(26(19-60)20-61)28-12-32(55)34(57)14-30(28)46(44)65/h1-16H,21-22H2/b62-43-,63-44+.